The third-order valence-electron chi connectivity index (χ3n) is 6.40. The number of unbranched alkanes of at least 4 members (excludes halogenated alkanes) is 4. The van der Waals surface area contributed by atoms with Crippen molar-refractivity contribution in [2.24, 2.45) is 11.8 Å². The summed E-state index contributed by atoms with van der Waals surface area (Å²) in [6, 6.07) is 0.687. The first-order valence-electron chi connectivity index (χ1n) is 11.0. The lowest BCUT2D eigenvalue weighted by Crippen LogP contribution is -2.53. The highest BCUT2D eigenvalue weighted by molar-refractivity contribution is 4.84. The van der Waals surface area contributed by atoms with Crippen LogP contribution in [0, 0.1) is 11.8 Å². The quantitative estimate of drug-likeness (QED) is 0.329. The molecular weight excluding hydrogens is 324 g/mol. The van der Waals surface area contributed by atoms with E-state index in [4.69, 9.17) is 9.47 Å². The van der Waals surface area contributed by atoms with Crippen LogP contribution in [0.15, 0.2) is 0 Å². The first-order valence-corrected chi connectivity index (χ1v) is 11.0. The van der Waals surface area contributed by atoms with Gasteiger partial charge in [-0.3, -0.25) is 0 Å². The van der Waals surface area contributed by atoms with E-state index in [9.17, 15) is 0 Å². The summed E-state index contributed by atoms with van der Waals surface area (Å²) in [5.74, 6) is 1.28. The Bertz CT molecular complexity index is 336. The highest BCUT2D eigenvalue weighted by Crippen LogP contribution is 2.29. The number of ether oxygens (including phenoxy) is 2. The fraction of sp³-hybridized carbons (Fsp3) is 1.00. The first-order chi connectivity index (χ1) is 12.6. The van der Waals surface area contributed by atoms with Crippen molar-refractivity contribution < 1.29 is 9.47 Å². The minimum absolute atomic E-state index is 0.0505. The van der Waals surface area contributed by atoms with Gasteiger partial charge in [0, 0.05) is 45.8 Å². The Morgan fingerprint density at radius 1 is 0.885 bits per heavy atom. The summed E-state index contributed by atoms with van der Waals surface area (Å²) >= 11 is 0. The topological polar surface area (TPSA) is 24.9 Å². The van der Waals surface area contributed by atoms with Crippen LogP contribution in [0.1, 0.15) is 71.6 Å². The maximum atomic E-state index is 5.65. The predicted octanol–water partition coefficient (Wildman–Crippen LogP) is 4.63. The average Bonchev–Trinajstić information content (AvgIpc) is 2.64. The molecular formula is C22H46N2O2. The van der Waals surface area contributed by atoms with Gasteiger partial charge in [0.2, 0.25) is 0 Å². The van der Waals surface area contributed by atoms with E-state index in [1.165, 1.54) is 77.4 Å². The van der Waals surface area contributed by atoms with Gasteiger partial charge in [0.25, 0.3) is 0 Å². The van der Waals surface area contributed by atoms with Crippen LogP contribution in [0.25, 0.3) is 0 Å². The van der Waals surface area contributed by atoms with Crippen LogP contribution in [0.2, 0.25) is 0 Å². The summed E-state index contributed by atoms with van der Waals surface area (Å²) in [4.78, 5) is 5.07. The molecule has 4 nitrogen and oxygen atoms in total. The van der Waals surface area contributed by atoms with Gasteiger partial charge in [-0.1, -0.05) is 52.4 Å². The van der Waals surface area contributed by atoms with Gasteiger partial charge in [-0.25, -0.2) is 0 Å². The Labute approximate surface area is 163 Å². The highest BCUT2D eigenvalue weighted by atomic mass is 16.7. The molecule has 1 aliphatic rings. The van der Waals surface area contributed by atoms with Gasteiger partial charge in [-0.05, 0) is 39.3 Å². The molecule has 0 aromatic rings. The van der Waals surface area contributed by atoms with Crippen LogP contribution < -0.4 is 0 Å². The van der Waals surface area contributed by atoms with E-state index in [-0.39, 0.29) is 6.29 Å². The molecule has 1 heterocycles. The number of methoxy groups -OCH3 is 2. The first kappa shape index (κ1) is 23.9. The van der Waals surface area contributed by atoms with Gasteiger partial charge in [0.1, 0.15) is 0 Å². The summed E-state index contributed by atoms with van der Waals surface area (Å²) in [6.07, 6.45) is 11.6. The Hall–Kier alpha value is -0.160. The van der Waals surface area contributed by atoms with E-state index in [2.05, 4.69) is 37.7 Å². The van der Waals surface area contributed by atoms with E-state index >= 15 is 0 Å². The zero-order valence-corrected chi connectivity index (χ0v) is 18.5. The van der Waals surface area contributed by atoms with Crippen LogP contribution in [0.4, 0.5) is 0 Å². The van der Waals surface area contributed by atoms with Crippen LogP contribution in [-0.4, -0.2) is 70.1 Å². The molecule has 0 aliphatic carbocycles. The Morgan fingerprint density at radius 2 is 1.58 bits per heavy atom. The summed E-state index contributed by atoms with van der Waals surface area (Å²) in [5, 5.41) is 0. The number of hydrogen-bond acceptors (Lipinski definition) is 4. The highest BCUT2D eigenvalue weighted by Gasteiger charge is 2.30. The fourth-order valence-electron chi connectivity index (χ4n) is 4.56. The van der Waals surface area contributed by atoms with E-state index in [0.29, 0.717) is 12.0 Å². The van der Waals surface area contributed by atoms with Crippen molar-refractivity contribution in [3.8, 4) is 0 Å². The molecule has 3 atom stereocenters. The molecule has 4 heteroatoms. The van der Waals surface area contributed by atoms with Crippen molar-refractivity contribution in [3.05, 3.63) is 0 Å². The molecule has 0 N–H and O–H groups in total. The minimum Gasteiger partial charge on any atom is -0.356 e. The van der Waals surface area contributed by atoms with Gasteiger partial charge in [0.15, 0.2) is 6.29 Å². The molecule has 1 aliphatic heterocycles. The second-order valence-corrected chi connectivity index (χ2v) is 8.36. The SMILES string of the molecule is CCCCCCCC(CCC(CC)C1CN(C)CCN1C)C(OC)OC. The van der Waals surface area contributed by atoms with Gasteiger partial charge in [0.05, 0.1) is 0 Å². The molecule has 0 aromatic carbocycles. The Morgan fingerprint density at radius 3 is 2.19 bits per heavy atom. The molecule has 156 valence electrons. The number of rotatable bonds is 14. The molecule has 0 radical (unpaired) electrons. The molecule has 1 rings (SSSR count). The maximum absolute atomic E-state index is 5.65. The normalized spacial score (nSPS) is 22.0. The average molecular weight is 371 g/mol. The monoisotopic (exact) mass is 370 g/mol. The second-order valence-electron chi connectivity index (χ2n) is 8.36. The standard InChI is InChI=1S/C22H46N2O2/c1-7-9-10-11-12-13-20(22(25-5)26-6)15-14-19(8-2)21-18-23(3)16-17-24(21)4/h19-22H,7-18H2,1-6H3. The maximum Gasteiger partial charge on any atom is 0.159 e. The van der Waals surface area contributed by atoms with Crippen molar-refractivity contribution in [1.82, 2.24) is 9.80 Å². The molecule has 0 bridgehead atoms. The minimum atomic E-state index is -0.0505. The Balaban J connectivity index is 2.55. The molecule has 1 saturated heterocycles. The summed E-state index contributed by atoms with van der Waals surface area (Å²) in [7, 11) is 8.15. The number of nitrogens with zero attached hydrogens (tertiary/aromatic N) is 2. The van der Waals surface area contributed by atoms with Gasteiger partial charge < -0.3 is 19.3 Å². The Kier molecular flexibility index (Phi) is 12.8. The third kappa shape index (κ3) is 8.24. The van der Waals surface area contributed by atoms with Crippen LogP contribution in [0.3, 0.4) is 0 Å². The molecule has 1 fully saturated rings. The van der Waals surface area contributed by atoms with Crippen LogP contribution in [0.5, 0.6) is 0 Å². The summed E-state index contributed by atoms with van der Waals surface area (Å²) in [5.41, 5.74) is 0. The zero-order valence-electron chi connectivity index (χ0n) is 18.5. The van der Waals surface area contributed by atoms with Crippen LogP contribution in [-0.2, 0) is 9.47 Å². The zero-order chi connectivity index (χ0) is 19.4. The smallest absolute Gasteiger partial charge is 0.159 e. The molecule has 26 heavy (non-hydrogen) atoms. The number of likely N-dealkylation sites (N-methyl/N-ethyl adjacent to an activating group) is 2. The molecule has 0 saturated carbocycles. The van der Waals surface area contributed by atoms with E-state index in [1.807, 2.05) is 0 Å². The lowest BCUT2D eigenvalue weighted by atomic mass is 9.85. The van der Waals surface area contributed by atoms with Crippen molar-refractivity contribution in [2.75, 3.05) is 47.9 Å². The molecule has 3 unspecified atom stereocenters. The fourth-order valence-corrected chi connectivity index (χ4v) is 4.56. The lowest BCUT2D eigenvalue weighted by molar-refractivity contribution is -0.141. The molecule has 0 aromatic heterocycles. The van der Waals surface area contributed by atoms with Crippen molar-refractivity contribution in [3.63, 3.8) is 0 Å². The number of hydrogen-bond donors (Lipinski definition) is 0. The lowest BCUT2D eigenvalue weighted by Gasteiger charge is -2.42. The van der Waals surface area contributed by atoms with E-state index in [0.717, 1.165) is 5.92 Å². The van der Waals surface area contributed by atoms with Crippen LogP contribution >= 0.6 is 0 Å². The van der Waals surface area contributed by atoms with Gasteiger partial charge in [-0.2, -0.15) is 0 Å². The van der Waals surface area contributed by atoms with Crippen molar-refractivity contribution >= 4 is 0 Å². The van der Waals surface area contributed by atoms with E-state index in [1.54, 1.807) is 14.2 Å². The second kappa shape index (κ2) is 13.9. The van der Waals surface area contributed by atoms with E-state index < -0.39 is 0 Å². The molecule has 0 amide bonds. The predicted molar refractivity (Wildman–Crippen MR) is 112 cm³/mol. The van der Waals surface area contributed by atoms with Crippen molar-refractivity contribution in [1.29, 1.82) is 0 Å². The van der Waals surface area contributed by atoms with Gasteiger partial charge >= 0.3 is 0 Å². The number of piperazine rings is 1. The third-order valence-corrected chi connectivity index (χ3v) is 6.40. The largest absolute Gasteiger partial charge is 0.356 e. The summed E-state index contributed by atoms with van der Waals surface area (Å²) < 4.78 is 11.3. The van der Waals surface area contributed by atoms with Crippen molar-refractivity contribution in [2.45, 2.75) is 84.0 Å². The summed E-state index contributed by atoms with van der Waals surface area (Å²) in [6.45, 7) is 8.22. The molecule has 0 spiro atoms. The van der Waals surface area contributed by atoms with Gasteiger partial charge in [-0.15, -0.1) is 0 Å².